The van der Waals surface area contributed by atoms with Crippen molar-refractivity contribution in [3.05, 3.63) is 53.9 Å². The minimum atomic E-state index is -0.182. The topological polar surface area (TPSA) is 53.4 Å². The van der Waals surface area contributed by atoms with Crippen LogP contribution in [-0.4, -0.2) is 29.4 Å². The average molecular weight is 286 g/mol. The number of hydrogen-bond acceptors (Lipinski definition) is 4. The zero-order chi connectivity index (χ0) is 15.2. The molecule has 0 N–H and O–H groups in total. The highest BCUT2D eigenvalue weighted by Crippen LogP contribution is 2.16. The fourth-order valence-corrected chi connectivity index (χ4v) is 1.89. The van der Waals surface area contributed by atoms with E-state index in [0.29, 0.717) is 6.61 Å². The number of nitrogens with zero attached hydrogens (tertiary/aromatic N) is 2. The lowest BCUT2D eigenvalue weighted by atomic mass is 10.3. The van der Waals surface area contributed by atoms with Crippen LogP contribution in [-0.2, 0) is 0 Å². The number of hydrogen-bond donors (Lipinski definition) is 0. The smallest absolute Gasteiger partial charge is 0.270 e. The van der Waals surface area contributed by atoms with Gasteiger partial charge in [0.05, 0.1) is 12.8 Å². The summed E-state index contributed by atoms with van der Waals surface area (Å²) in [5.41, 5.74) is 1.64. The first-order valence-corrected chi connectivity index (χ1v) is 6.61. The van der Waals surface area contributed by atoms with Crippen LogP contribution in [0.2, 0.25) is 0 Å². The Morgan fingerprint density at radius 2 is 1.90 bits per heavy atom. The Bertz CT molecular complexity index is 642. The maximum atomic E-state index is 11.9. The highest BCUT2D eigenvalue weighted by molar-refractivity contribution is 5.89. The molecule has 0 spiro atoms. The lowest BCUT2D eigenvalue weighted by molar-refractivity contribution is 0.0950. The Morgan fingerprint density at radius 1 is 1.24 bits per heavy atom. The Morgan fingerprint density at radius 3 is 2.48 bits per heavy atom. The molecular formula is C16H18N2O3. The first kappa shape index (κ1) is 14.8. The van der Waals surface area contributed by atoms with Gasteiger partial charge in [-0.1, -0.05) is 0 Å². The second kappa shape index (κ2) is 6.74. The molecule has 5 nitrogen and oxygen atoms in total. The van der Waals surface area contributed by atoms with Crippen molar-refractivity contribution < 1.29 is 14.3 Å². The van der Waals surface area contributed by atoms with Crippen molar-refractivity contribution in [3.63, 3.8) is 0 Å². The molecule has 0 atom stereocenters. The molecule has 110 valence electrons. The molecule has 0 aliphatic heterocycles. The van der Waals surface area contributed by atoms with Gasteiger partial charge in [0.2, 0.25) is 0 Å². The Balaban J connectivity index is 1.87. The molecule has 0 saturated heterocycles. The fourth-order valence-electron chi connectivity index (χ4n) is 1.89. The van der Waals surface area contributed by atoms with Gasteiger partial charge in [0.1, 0.15) is 18.1 Å². The third-order valence-corrected chi connectivity index (χ3v) is 2.88. The van der Waals surface area contributed by atoms with Crippen LogP contribution >= 0.6 is 0 Å². The van der Waals surface area contributed by atoms with Crippen molar-refractivity contribution in [2.75, 3.05) is 13.7 Å². The van der Waals surface area contributed by atoms with E-state index in [-0.39, 0.29) is 5.91 Å². The van der Waals surface area contributed by atoms with Crippen molar-refractivity contribution in [2.24, 2.45) is 0 Å². The first-order chi connectivity index (χ1) is 10.1. The molecule has 0 aliphatic rings. The summed E-state index contributed by atoms with van der Waals surface area (Å²) in [6, 6.07) is 9.13. The van der Waals surface area contributed by atoms with Gasteiger partial charge in [0, 0.05) is 11.8 Å². The molecule has 0 aliphatic carbocycles. The van der Waals surface area contributed by atoms with Crippen molar-refractivity contribution in [1.29, 1.82) is 0 Å². The highest BCUT2D eigenvalue weighted by atomic mass is 16.5. The van der Waals surface area contributed by atoms with Gasteiger partial charge in [-0.15, -0.1) is 0 Å². The zero-order valence-corrected chi connectivity index (χ0v) is 12.4. The molecule has 21 heavy (non-hydrogen) atoms. The molecular weight excluding hydrogens is 268 g/mol. The zero-order valence-electron chi connectivity index (χ0n) is 12.4. The van der Waals surface area contributed by atoms with Gasteiger partial charge in [0.15, 0.2) is 0 Å². The number of carbonyl (C=O) groups is 1. The Kier molecular flexibility index (Phi) is 4.77. The maximum absolute atomic E-state index is 11.9. The van der Waals surface area contributed by atoms with Crippen LogP contribution in [0.5, 0.6) is 11.5 Å². The van der Waals surface area contributed by atoms with Gasteiger partial charge in [-0.2, -0.15) is 5.10 Å². The van der Waals surface area contributed by atoms with Crippen molar-refractivity contribution in [3.8, 4) is 11.5 Å². The summed E-state index contributed by atoms with van der Waals surface area (Å²) >= 11 is 0. The molecule has 0 saturated carbocycles. The van der Waals surface area contributed by atoms with E-state index in [4.69, 9.17) is 9.47 Å². The van der Waals surface area contributed by atoms with Gasteiger partial charge in [0.25, 0.3) is 5.91 Å². The summed E-state index contributed by atoms with van der Waals surface area (Å²) in [6.45, 7) is 4.02. The van der Waals surface area contributed by atoms with E-state index in [2.05, 4.69) is 5.10 Å². The molecule has 0 radical (unpaired) electrons. The van der Waals surface area contributed by atoms with Crippen molar-refractivity contribution in [1.82, 2.24) is 9.78 Å². The summed E-state index contributed by atoms with van der Waals surface area (Å²) < 4.78 is 11.9. The number of aromatic nitrogens is 2. The van der Waals surface area contributed by atoms with E-state index in [1.54, 1.807) is 13.2 Å². The van der Waals surface area contributed by atoms with Crippen molar-refractivity contribution >= 4 is 5.91 Å². The van der Waals surface area contributed by atoms with Crippen LogP contribution < -0.4 is 9.47 Å². The summed E-state index contributed by atoms with van der Waals surface area (Å²) in [5, 5.41) is 4.13. The predicted molar refractivity (Wildman–Crippen MR) is 80.0 cm³/mol. The monoisotopic (exact) mass is 286 g/mol. The number of ether oxygens (including phenoxy) is 2. The molecule has 0 fully saturated rings. The molecule has 2 rings (SSSR count). The molecule has 1 heterocycles. The van der Waals surface area contributed by atoms with E-state index in [1.165, 1.54) is 10.8 Å². The largest absolute Gasteiger partial charge is 0.497 e. The van der Waals surface area contributed by atoms with Crippen LogP contribution in [0.15, 0.2) is 42.5 Å². The third kappa shape index (κ3) is 3.95. The minimum absolute atomic E-state index is 0.182. The summed E-state index contributed by atoms with van der Waals surface area (Å²) in [7, 11) is 1.61. The van der Waals surface area contributed by atoms with Gasteiger partial charge >= 0.3 is 0 Å². The molecule has 0 unspecified atom stereocenters. The van der Waals surface area contributed by atoms with E-state index >= 15 is 0 Å². The van der Waals surface area contributed by atoms with Gasteiger partial charge in [-0.05, 0) is 50.3 Å². The minimum Gasteiger partial charge on any atom is -0.497 e. The lowest BCUT2D eigenvalue weighted by Crippen LogP contribution is -2.11. The Labute approximate surface area is 123 Å². The molecule has 1 aromatic carbocycles. The van der Waals surface area contributed by atoms with Gasteiger partial charge in [-0.25, -0.2) is 4.68 Å². The fraction of sp³-hybridized carbons (Fsp3) is 0.250. The van der Waals surface area contributed by atoms with E-state index in [1.807, 2.05) is 44.2 Å². The van der Waals surface area contributed by atoms with Crippen molar-refractivity contribution in [2.45, 2.75) is 13.8 Å². The van der Waals surface area contributed by atoms with E-state index in [0.717, 1.165) is 22.9 Å². The summed E-state index contributed by atoms with van der Waals surface area (Å²) in [4.78, 5) is 11.9. The SMILES string of the molecule is COc1ccc(OC/C=C/C(=O)n2nc(C)cc2C)cc1. The van der Waals surface area contributed by atoms with Crippen LogP contribution in [0, 0.1) is 13.8 Å². The predicted octanol–water partition coefficient (Wildman–Crippen LogP) is 2.78. The van der Waals surface area contributed by atoms with Crippen LogP contribution in [0.3, 0.4) is 0 Å². The number of benzene rings is 1. The van der Waals surface area contributed by atoms with Gasteiger partial charge < -0.3 is 9.47 Å². The molecule has 2 aromatic rings. The van der Waals surface area contributed by atoms with E-state index in [9.17, 15) is 4.79 Å². The number of allylic oxidation sites excluding steroid dienone is 1. The lowest BCUT2D eigenvalue weighted by Gasteiger charge is -2.04. The summed E-state index contributed by atoms with van der Waals surface area (Å²) in [6.07, 6.45) is 3.13. The number of carbonyl (C=O) groups excluding carboxylic acids is 1. The van der Waals surface area contributed by atoms with Crippen LogP contribution in [0.4, 0.5) is 0 Å². The number of methoxy groups -OCH3 is 1. The normalized spacial score (nSPS) is 10.8. The second-order valence-corrected chi connectivity index (χ2v) is 4.57. The quantitative estimate of drug-likeness (QED) is 0.793. The maximum Gasteiger partial charge on any atom is 0.270 e. The van der Waals surface area contributed by atoms with Crippen LogP contribution in [0.25, 0.3) is 0 Å². The van der Waals surface area contributed by atoms with E-state index < -0.39 is 0 Å². The standard InChI is InChI=1S/C16H18N2O3/c1-12-11-13(2)18(17-12)16(19)5-4-10-21-15-8-6-14(20-3)7-9-15/h4-9,11H,10H2,1-3H3/b5-4+. The van der Waals surface area contributed by atoms with Crippen LogP contribution in [0.1, 0.15) is 16.2 Å². The molecule has 0 bridgehead atoms. The Hall–Kier alpha value is -2.56. The summed E-state index contributed by atoms with van der Waals surface area (Å²) in [5.74, 6) is 1.32. The number of rotatable bonds is 5. The first-order valence-electron chi connectivity index (χ1n) is 6.61. The average Bonchev–Trinajstić information content (AvgIpc) is 2.83. The van der Waals surface area contributed by atoms with Gasteiger partial charge in [-0.3, -0.25) is 4.79 Å². The third-order valence-electron chi connectivity index (χ3n) is 2.88. The molecule has 1 aromatic heterocycles. The second-order valence-electron chi connectivity index (χ2n) is 4.57. The molecule has 5 heteroatoms. The number of aryl methyl sites for hydroxylation is 2. The highest BCUT2D eigenvalue weighted by Gasteiger charge is 2.06. The molecule has 0 amide bonds.